The summed E-state index contributed by atoms with van der Waals surface area (Å²) in [4.78, 5) is 15.3. The normalized spacial score (nSPS) is 12.1. The zero-order valence-electron chi connectivity index (χ0n) is 14.2. The van der Waals surface area contributed by atoms with Gasteiger partial charge >= 0.3 is 5.97 Å². The van der Waals surface area contributed by atoms with E-state index in [1.165, 1.54) is 0 Å². The van der Waals surface area contributed by atoms with Gasteiger partial charge in [-0.25, -0.2) is 0 Å². The van der Waals surface area contributed by atoms with E-state index < -0.39 is 12.1 Å². The molecule has 0 aliphatic carbocycles. The Labute approximate surface area is 156 Å². The van der Waals surface area contributed by atoms with E-state index in [-0.39, 0.29) is 6.42 Å². The number of aromatic nitrogens is 1. The Morgan fingerprint density at radius 2 is 1.96 bits per heavy atom. The molecule has 0 unspecified atom stereocenters. The molecule has 26 heavy (non-hydrogen) atoms. The largest absolute Gasteiger partial charge is 0.481 e. The smallest absolute Gasteiger partial charge is 0.306 e. The van der Waals surface area contributed by atoms with Crippen LogP contribution in [0.25, 0.3) is 10.9 Å². The van der Waals surface area contributed by atoms with E-state index in [2.05, 4.69) is 4.98 Å². The highest BCUT2D eigenvalue weighted by molar-refractivity contribution is 6.31. The Bertz CT molecular complexity index is 911. The first-order valence-electron chi connectivity index (χ1n) is 8.22. The maximum atomic E-state index is 11.0. The van der Waals surface area contributed by atoms with Gasteiger partial charge in [0.15, 0.2) is 0 Å². The second-order valence-corrected chi connectivity index (χ2v) is 6.12. The van der Waals surface area contributed by atoms with Gasteiger partial charge in [0.25, 0.3) is 0 Å². The molecule has 0 saturated heterocycles. The number of ether oxygens (including phenoxy) is 2. The first-order valence-corrected chi connectivity index (χ1v) is 8.60. The van der Waals surface area contributed by atoms with Crippen LogP contribution in [0.4, 0.5) is 0 Å². The van der Waals surface area contributed by atoms with Crippen LogP contribution < -0.4 is 4.74 Å². The van der Waals surface area contributed by atoms with Crippen molar-refractivity contribution in [3.8, 4) is 11.5 Å². The number of rotatable bonds is 7. The standard InChI is InChI=1S/C20H18ClNO4/c1-2-25-19(12-20(23)24)13-3-6-15(7-4-13)26-18-9-10-22-17-11-14(21)5-8-16(17)18/h3-11,19H,2,12H2,1H3,(H,23,24)/t19-/m0/s1. The van der Waals surface area contributed by atoms with Crippen molar-refractivity contribution in [3.63, 3.8) is 0 Å². The first kappa shape index (κ1) is 18.2. The molecule has 1 N–H and O–H groups in total. The molecule has 1 heterocycles. The summed E-state index contributed by atoms with van der Waals surface area (Å²) >= 11 is 6.01. The molecular formula is C20H18ClNO4. The van der Waals surface area contributed by atoms with Gasteiger partial charge in [-0.1, -0.05) is 23.7 Å². The summed E-state index contributed by atoms with van der Waals surface area (Å²) < 4.78 is 11.5. The van der Waals surface area contributed by atoms with Gasteiger partial charge in [0, 0.05) is 23.2 Å². The number of halogens is 1. The molecule has 0 amide bonds. The number of carboxylic acid groups (broad SMARTS) is 1. The van der Waals surface area contributed by atoms with Crippen LogP contribution in [0.1, 0.15) is 25.0 Å². The Balaban J connectivity index is 1.82. The second-order valence-electron chi connectivity index (χ2n) is 5.68. The summed E-state index contributed by atoms with van der Waals surface area (Å²) in [6.45, 7) is 2.29. The van der Waals surface area contributed by atoms with Crippen LogP contribution in [0.5, 0.6) is 11.5 Å². The van der Waals surface area contributed by atoms with E-state index >= 15 is 0 Å². The summed E-state index contributed by atoms with van der Waals surface area (Å²) in [6, 6.07) is 14.5. The van der Waals surface area contributed by atoms with E-state index in [0.717, 1.165) is 16.5 Å². The Kier molecular flexibility index (Phi) is 5.71. The predicted octanol–water partition coefficient (Wildman–Crippen LogP) is 5.23. The maximum Gasteiger partial charge on any atom is 0.306 e. The molecule has 5 nitrogen and oxygen atoms in total. The molecule has 0 bridgehead atoms. The third kappa shape index (κ3) is 4.31. The van der Waals surface area contributed by atoms with Crippen LogP contribution in [0, 0.1) is 0 Å². The predicted molar refractivity (Wildman–Crippen MR) is 99.9 cm³/mol. The number of carboxylic acids is 1. The van der Waals surface area contributed by atoms with Crippen molar-refractivity contribution in [1.29, 1.82) is 0 Å². The number of benzene rings is 2. The molecule has 0 fully saturated rings. The topological polar surface area (TPSA) is 68.7 Å². The van der Waals surface area contributed by atoms with Gasteiger partial charge in [0.05, 0.1) is 18.0 Å². The quantitative estimate of drug-likeness (QED) is 0.615. The molecule has 1 aromatic heterocycles. The number of hydrogen-bond acceptors (Lipinski definition) is 4. The third-order valence-electron chi connectivity index (χ3n) is 3.87. The lowest BCUT2D eigenvalue weighted by Crippen LogP contribution is -2.10. The summed E-state index contributed by atoms with van der Waals surface area (Å²) in [5, 5.41) is 10.5. The van der Waals surface area contributed by atoms with Crippen LogP contribution in [0.15, 0.2) is 54.7 Å². The highest BCUT2D eigenvalue weighted by atomic mass is 35.5. The Morgan fingerprint density at radius 1 is 1.19 bits per heavy atom. The fraction of sp³-hybridized carbons (Fsp3) is 0.200. The van der Waals surface area contributed by atoms with Gasteiger partial charge < -0.3 is 14.6 Å². The summed E-state index contributed by atoms with van der Waals surface area (Å²) in [6.07, 6.45) is 1.11. The minimum atomic E-state index is -0.898. The summed E-state index contributed by atoms with van der Waals surface area (Å²) in [5.41, 5.74) is 1.55. The van der Waals surface area contributed by atoms with E-state index in [0.29, 0.717) is 23.1 Å². The van der Waals surface area contributed by atoms with E-state index in [4.69, 9.17) is 26.2 Å². The third-order valence-corrected chi connectivity index (χ3v) is 4.11. The molecule has 3 rings (SSSR count). The van der Waals surface area contributed by atoms with Crippen molar-refractivity contribution in [2.24, 2.45) is 0 Å². The van der Waals surface area contributed by atoms with E-state index in [9.17, 15) is 4.79 Å². The fourth-order valence-corrected chi connectivity index (χ4v) is 2.86. The van der Waals surface area contributed by atoms with Gasteiger partial charge in [-0.3, -0.25) is 9.78 Å². The lowest BCUT2D eigenvalue weighted by atomic mass is 10.1. The highest BCUT2D eigenvalue weighted by Crippen LogP contribution is 2.31. The number of fused-ring (bicyclic) bond motifs is 1. The Hall–Kier alpha value is -2.63. The number of hydrogen-bond donors (Lipinski definition) is 1. The van der Waals surface area contributed by atoms with Crippen molar-refractivity contribution in [2.75, 3.05) is 6.61 Å². The molecule has 0 radical (unpaired) electrons. The highest BCUT2D eigenvalue weighted by Gasteiger charge is 2.16. The van der Waals surface area contributed by atoms with Crippen LogP contribution in [0.2, 0.25) is 5.02 Å². The Morgan fingerprint density at radius 3 is 2.65 bits per heavy atom. The molecule has 3 aromatic rings. The van der Waals surface area contributed by atoms with Crippen LogP contribution in [-0.2, 0) is 9.53 Å². The molecule has 1 atom stereocenters. The lowest BCUT2D eigenvalue weighted by molar-refractivity contribution is -0.140. The number of aliphatic carboxylic acids is 1. The lowest BCUT2D eigenvalue weighted by Gasteiger charge is -2.16. The van der Waals surface area contributed by atoms with Gasteiger partial charge in [-0.2, -0.15) is 0 Å². The van der Waals surface area contributed by atoms with Crippen LogP contribution in [0.3, 0.4) is 0 Å². The molecule has 0 aliphatic heterocycles. The number of carbonyl (C=O) groups is 1. The average Bonchev–Trinajstić information content (AvgIpc) is 2.61. The molecular weight excluding hydrogens is 354 g/mol. The SMILES string of the molecule is CCO[C@@H](CC(=O)O)c1ccc(Oc2ccnc3cc(Cl)ccc23)cc1. The fourth-order valence-electron chi connectivity index (χ4n) is 2.69. The van der Waals surface area contributed by atoms with Crippen molar-refractivity contribution in [3.05, 3.63) is 65.3 Å². The maximum absolute atomic E-state index is 11.0. The first-order chi connectivity index (χ1) is 12.6. The molecule has 0 aliphatic rings. The second kappa shape index (κ2) is 8.17. The monoisotopic (exact) mass is 371 g/mol. The average molecular weight is 372 g/mol. The minimum Gasteiger partial charge on any atom is -0.481 e. The van der Waals surface area contributed by atoms with E-state index in [1.54, 1.807) is 36.5 Å². The van der Waals surface area contributed by atoms with E-state index in [1.807, 2.05) is 25.1 Å². The van der Waals surface area contributed by atoms with Crippen molar-refractivity contribution >= 4 is 28.5 Å². The zero-order valence-corrected chi connectivity index (χ0v) is 14.9. The molecule has 134 valence electrons. The number of pyridine rings is 1. The molecule has 2 aromatic carbocycles. The van der Waals surface area contributed by atoms with Gasteiger partial charge in [-0.15, -0.1) is 0 Å². The van der Waals surface area contributed by atoms with Crippen LogP contribution in [-0.4, -0.2) is 22.7 Å². The van der Waals surface area contributed by atoms with Gasteiger partial charge in [0.2, 0.25) is 0 Å². The summed E-state index contributed by atoms with van der Waals surface area (Å²) in [7, 11) is 0. The van der Waals surface area contributed by atoms with Crippen molar-refractivity contribution < 1.29 is 19.4 Å². The zero-order chi connectivity index (χ0) is 18.5. The van der Waals surface area contributed by atoms with Gasteiger partial charge in [-0.05, 0) is 48.9 Å². The molecule has 6 heteroatoms. The summed E-state index contributed by atoms with van der Waals surface area (Å²) in [5.74, 6) is 0.416. The van der Waals surface area contributed by atoms with Crippen molar-refractivity contribution in [1.82, 2.24) is 4.98 Å². The van der Waals surface area contributed by atoms with Crippen LogP contribution >= 0.6 is 11.6 Å². The van der Waals surface area contributed by atoms with Crippen molar-refractivity contribution in [2.45, 2.75) is 19.4 Å². The van der Waals surface area contributed by atoms with Gasteiger partial charge in [0.1, 0.15) is 11.5 Å². The minimum absolute atomic E-state index is 0.0796. The number of nitrogens with zero attached hydrogens (tertiary/aromatic N) is 1. The molecule has 0 saturated carbocycles. The molecule has 0 spiro atoms.